The number of hydrazone groups is 1. The van der Waals surface area contributed by atoms with Gasteiger partial charge < -0.3 is 14.4 Å². The molecule has 2 amide bonds. The van der Waals surface area contributed by atoms with Crippen LogP contribution in [-0.4, -0.2) is 70.8 Å². The molecule has 10 nitrogen and oxygen atoms in total. The molecule has 0 radical (unpaired) electrons. The molecule has 0 spiro atoms. The lowest BCUT2D eigenvalue weighted by atomic mass is 10.2. The lowest BCUT2D eigenvalue weighted by Crippen LogP contribution is -2.42. The van der Waals surface area contributed by atoms with Gasteiger partial charge in [-0.1, -0.05) is 30.3 Å². The van der Waals surface area contributed by atoms with Crippen molar-refractivity contribution >= 4 is 33.7 Å². The molecule has 0 aliphatic carbocycles. The van der Waals surface area contributed by atoms with Crippen LogP contribution in [0.2, 0.25) is 0 Å². The molecule has 0 bridgehead atoms. The van der Waals surface area contributed by atoms with Crippen molar-refractivity contribution in [2.24, 2.45) is 5.10 Å². The van der Waals surface area contributed by atoms with E-state index in [-0.39, 0.29) is 17.4 Å². The van der Waals surface area contributed by atoms with Gasteiger partial charge in [0.2, 0.25) is 0 Å². The average molecular weight is 551 g/mol. The van der Waals surface area contributed by atoms with E-state index in [1.165, 1.54) is 18.3 Å². The molecule has 1 N–H and O–H groups in total. The molecule has 1 aliphatic heterocycles. The Morgan fingerprint density at radius 1 is 1.03 bits per heavy atom. The molecule has 1 aliphatic rings. The van der Waals surface area contributed by atoms with E-state index in [0.717, 1.165) is 9.87 Å². The van der Waals surface area contributed by atoms with E-state index in [1.807, 2.05) is 13.0 Å². The molecule has 0 saturated carbocycles. The van der Waals surface area contributed by atoms with Gasteiger partial charge >= 0.3 is 0 Å². The van der Waals surface area contributed by atoms with Gasteiger partial charge in [0.15, 0.2) is 6.61 Å². The number of carbonyl (C=O) groups excluding carboxylic acids is 2. The van der Waals surface area contributed by atoms with E-state index in [1.54, 1.807) is 65.6 Å². The van der Waals surface area contributed by atoms with Crippen molar-refractivity contribution in [3.63, 3.8) is 0 Å². The van der Waals surface area contributed by atoms with Crippen LogP contribution in [-0.2, 0) is 24.3 Å². The normalized spacial score (nSPS) is 13.7. The summed E-state index contributed by atoms with van der Waals surface area (Å²) in [4.78, 5) is 26.7. The van der Waals surface area contributed by atoms with Crippen LogP contribution >= 0.6 is 0 Å². The highest BCUT2D eigenvalue weighted by atomic mass is 32.2. The first-order valence-electron chi connectivity index (χ1n) is 12.4. The van der Waals surface area contributed by atoms with Crippen molar-refractivity contribution in [3.05, 3.63) is 90.0 Å². The Balaban J connectivity index is 1.35. The number of hydrogen-bond acceptors (Lipinski definition) is 7. The number of nitrogens with one attached hydrogen (secondary N) is 1. The number of morpholine rings is 1. The third-order valence-electron chi connectivity index (χ3n) is 5.92. The summed E-state index contributed by atoms with van der Waals surface area (Å²) in [5.41, 5.74) is 4.30. The number of ether oxygens (including phenoxy) is 2. The Morgan fingerprint density at radius 3 is 2.44 bits per heavy atom. The Bertz CT molecular complexity index is 1410. The maximum absolute atomic E-state index is 13.4. The lowest BCUT2D eigenvalue weighted by Gasteiger charge is -2.26. The van der Waals surface area contributed by atoms with E-state index in [2.05, 4.69) is 10.5 Å². The van der Waals surface area contributed by atoms with Gasteiger partial charge in [-0.05, 0) is 66.6 Å². The zero-order valence-corrected chi connectivity index (χ0v) is 22.3. The fourth-order valence-corrected chi connectivity index (χ4v) is 5.30. The van der Waals surface area contributed by atoms with Crippen LogP contribution in [0, 0.1) is 6.92 Å². The van der Waals surface area contributed by atoms with E-state index >= 15 is 0 Å². The Hall–Kier alpha value is -4.22. The fraction of sp³-hybridized carbons (Fsp3) is 0.250. The summed E-state index contributed by atoms with van der Waals surface area (Å²) in [5.74, 6) is -0.174. The molecule has 204 valence electrons. The van der Waals surface area contributed by atoms with Gasteiger partial charge in [0.25, 0.3) is 21.8 Å². The first-order valence-corrected chi connectivity index (χ1v) is 13.8. The number of carbonyl (C=O) groups is 2. The number of sulfonamides is 1. The lowest BCUT2D eigenvalue weighted by molar-refractivity contribution is -0.137. The summed E-state index contributed by atoms with van der Waals surface area (Å²) in [6.45, 7) is 3.51. The predicted octanol–water partition coefficient (Wildman–Crippen LogP) is 2.58. The van der Waals surface area contributed by atoms with Crippen molar-refractivity contribution in [2.45, 2.75) is 11.8 Å². The summed E-state index contributed by atoms with van der Waals surface area (Å²) in [5, 5.41) is 3.97. The molecular weight excluding hydrogens is 520 g/mol. The molecule has 0 unspecified atom stereocenters. The van der Waals surface area contributed by atoms with E-state index < -0.39 is 22.5 Å². The minimum atomic E-state index is -3.99. The van der Waals surface area contributed by atoms with Gasteiger partial charge in [-0.15, -0.1) is 0 Å². The summed E-state index contributed by atoms with van der Waals surface area (Å²) in [6, 6.07) is 21.7. The van der Waals surface area contributed by atoms with Crippen molar-refractivity contribution in [3.8, 4) is 5.75 Å². The SMILES string of the molecule is Cc1cccc(N(CC(=O)N/N=C\c2ccc(OCC(=O)N3CCOCC3)cc2)S(=O)(=O)c2ccccc2)c1. The largest absolute Gasteiger partial charge is 0.484 e. The molecule has 3 aromatic carbocycles. The highest BCUT2D eigenvalue weighted by molar-refractivity contribution is 7.92. The number of nitrogens with zero attached hydrogens (tertiary/aromatic N) is 3. The van der Waals surface area contributed by atoms with Crippen LogP contribution in [0.3, 0.4) is 0 Å². The quantitative estimate of drug-likeness (QED) is 0.306. The van der Waals surface area contributed by atoms with E-state index in [0.29, 0.717) is 43.3 Å². The molecule has 3 aromatic rings. The number of benzene rings is 3. The van der Waals surface area contributed by atoms with Gasteiger partial charge in [0, 0.05) is 13.1 Å². The van der Waals surface area contributed by atoms with Crippen molar-refractivity contribution in [1.82, 2.24) is 10.3 Å². The predicted molar refractivity (Wildman–Crippen MR) is 147 cm³/mol. The Labute approximate surface area is 227 Å². The number of rotatable bonds is 10. The number of hydrogen-bond donors (Lipinski definition) is 1. The smallest absolute Gasteiger partial charge is 0.264 e. The van der Waals surface area contributed by atoms with Crippen LogP contribution in [0.15, 0.2) is 88.9 Å². The molecule has 1 heterocycles. The Morgan fingerprint density at radius 2 is 1.74 bits per heavy atom. The first-order chi connectivity index (χ1) is 18.8. The molecule has 0 atom stereocenters. The first kappa shape index (κ1) is 27.8. The zero-order valence-electron chi connectivity index (χ0n) is 21.5. The number of amides is 2. The second-order valence-electron chi connectivity index (χ2n) is 8.81. The minimum Gasteiger partial charge on any atom is -0.484 e. The standard InChI is InChI=1S/C28H30N4O6S/c1-22-6-5-7-24(18-22)32(39(35,36)26-8-3-2-4-9-26)20-27(33)30-29-19-23-10-12-25(13-11-23)38-21-28(34)31-14-16-37-17-15-31/h2-13,18-19H,14-17,20-21H2,1H3,(H,30,33)/b29-19-. The fourth-order valence-electron chi connectivity index (χ4n) is 3.86. The average Bonchev–Trinajstić information content (AvgIpc) is 2.96. The van der Waals surface area contributed by atoms with Crippen molar-refractivity contribution < 1.29 is 27.5 Å². The van der Waals surface area contributed by atoms with Crippen LogP contribution in [0.1, 0.15) is 11.1 Å². The summed E-state index contributed by atoms with van der Waals surface area (Å²) >= 11 is 0. The molecule has 0 aromatic heterocycles. The van der Waals surface area contributed by atoms with Gasteiger partial charge in [0.1, 0.15) is 12.3 Å². The Kier molecular flexibility index (Phi) is 9.29. The monoisotopic (exact) mass is 550 g/mol. The van der Waals surface area contributed by atoms with Gasteiger partial charge in [-0.25, -0.2) is 13.8 Å². The third kappa shape index (κ3) is 7.65. The van der Waals surface area contributed by atoms with Crippen molar-refractivity contribution in [1.29, 1.82) is 0 Å². The zero-order chi connectivity index (χ0) is 27.7. The maximum atomic E-state index is 13.4. The van der Waals surface area contributed by atoms with Crippen LogP contribution in [0.25, 0.3) is 0 Å². The van der Waals surface area contributed by atoms with Crippen LogP contribution < -0.4 is 14.5 Å². The summed E-state index contributed by atoms with van der Waals surface area (Å²) in [7, 11) is -3.99. The van der Waals surface area contributed by atoms with E-state index in [9.17, 15) is 18.0 Å². The van der Waals surface area contributed by atoms with Crippen LogP contribution in [0.5, 0.6) is 5.75 Å². The second kappa shape index (κ2) is 13.0. The molecule has 1 saturated heterocycles. The minimum absolute atomic E-state index is 0.0627. The maximum Gasteiger partial charge on any atom is 0.264 e. The topological polar surface area (TPSA) is 118 Å². The highest BCUT2D eigenvalue weighted by Crippen LogP contribution is 2.24. The number of anilines is 1. The summed E-state index contributed by atoms with van der Waals surface area (Å²) < 4.78 is 38.6. The second-order valence-corrected chi connectivity index (χ2v) is 10.7. The van der Waals surface area contributed by atoms with Gasteiger partial charge in [0.05, 0.1) is 30.0 Å². The molecule has 4 rings (SSSR count). The summed E-state index contributed by atoms with van der Waals surface area (Å²) in [6.07, 6.45) is 1.43. The molecule has 11 heteroatoms. The molecule has 1 fully saturated rings. The van der Waals surface area contributed by atoms with Gasteiger partial charge in [-0.3, -0.25) is 13.9 Å². The highest BCUT2D eigenvalue weighted by Gasteiger charge is 2.27. The van der Waals surface area contributed by atoms with Crippen molar-refractivity contribution in [2.75, 3.05) is 43.8 Å². The van der Waals surface area contributed by atoms with Gasteiger partial charge in [-0.2, -0.15) is 5.10 Å². The van der Waals surface area contributed by atoms with Crippen LogP contribution in [0.4, 0.5) is 5.69 Å². The number of aryl methyl sites for hydroxylation is 1. The van der Waals surface area contributed by atoms with E-state index in [4.69, 9.17) is 9.47 Å². The third-order valence-corrected chi connectivity index (χ3v) is 7.71. The molecular formula is C28H30N4O6S. The molecule has 39 heavy (non-hydrogen) atoms.